The second-order valence-corrected chi connectivity index (χ2v) is 16.4. The molecule has 10 nitrogen and oxygen atoms in total. The molecular formula is C30H36N2O8Si. The van der Waals surface area contributed by atoms with Gasteiger partial charge in [0.15, 0.2) is 14.9 Å². The summed E-state index contributed by atoms with van der Waals surface area (Å²) < 4.78 is 26.1. The van der Waals surface area contributed by atoms with Gasteiger partial charge < -0.3 is 18.6 Å². The molecule has 0 radical (unpaired) electrons. The van der Waals surface area contributed by atoms with Crippen LogP contribution in [-0.4, -0.2) is 48.3 Å². The fourth-order valence-electron chi connectivity index (χ4n) is 4.22. The first kappa shape index (κ1) is 30.2. The highest BCUT2D eigenvalue weighted by atomic mass is 28.4. The summed E-state index contributed by atoms with van der Waals surface area (Å²) in [5.74, 6) is -3.26. The number of carbonyl (C=O) groups excluding carboxylic acids is 2. The summed E-state index contributed by atoms with van der Waals surface area (Å²) in [5, 5.41) is -0.230. The molecule has 3 atom stereocenters. The van der Waals surface area contributed by atoms with Crippen LogP contribution in [0.25, 0.3) is 0 Å². The number of benzene rings is 2. The van der Waals surface area contributed by atoms with E-state index in [0.29, 0.717) is 11.1 Å². The fourth-order valence-corrected chi connectivity index (χ4v) is 5.56. The number of nitrogens with zero attached hydrogens (tertiary/aromatic N) is 1. The predicted octanol–water partition coefficient (Wildman–Crippen LogP) is 4.56. The van der Waals surface area contributed by atoms with Gasteiger partial charge in [-0.25, -0.2) is 14.4 Å². The van der Waals surface area contributed by atoms with E-state index >= 15 is 0 Å². The Labute approximate surface area is 239 Å². The summed E-state index contributed by atoms with van der Waals surface area (Å²) in [6, 6.07) is 16.8. The van der Waals surface area contributed by atoms with Crippen LogP contribution in [0.15, 0.2) is 76.4 Å². The molecule has 1 saturated heterocycles. The summed E-state index contributed by atoms with van der Waals surface area (Å²) in [6.07, 6.45) is -0.432. The van der Waals surface area contributed by atoms with Gasteiger partial charge in [-0.2, -0.15) is 0 Å². The van der Waals surface area contributed by atoms with E-state index in [4.69, 9.17) is 18.6 Å². The van der Waals surface area contributed by atoms with Gasteiger partial charge in [0.05, 0.1) is 11.1 Å². The SMILES string of the molecule is Cc1cn([C@H]2C[C@@H](O[Si](C)(C)C(C)(C)C)C(COC(=O)c3ccccc3)(OC(=O)c3ccccc3)O2)c(=O)[nH]c1=O. The van der Waals surface area contributed by atoms with E-state index in [1.807, 2.05) is 13.1 Å². The van der Waals surface area contributed by atoms with Crippen LogP contribution in [0, 0.1) is 6.92 Å². The van der Waals surface area contributed by atoms with Crippen molar-refractivity contribution < 1.29 is 28.2 Å². The van der Waals surface area contributed by atoms with E-state index in [1.165, 1.54) is 10.8 Å². The van der Waals surface area contributed by atoms with Crippen molar-refractivity contribution in [3.8, 4) is 0 Å². The lowest BCUT2D eigenvalue weighted by Crippen LogP contribution is -2.55. The number of aromatic amines is 1. The van der Waals surface area contributed by atoms with Crippen LogP contribution in [0.3, 0.4) is 0 Å². The van der Waals surface area contributed by atoms with Gasteiger partial charge in [-0.1, -0.05) is 57.2 Å². The molecule has 0 aliphatic carbocycles. The summed E-state index contributed by atoms with van der Waals surface area (Å²) >= 11 is 0. The van der Waals surface area contributed by atoms with E-state index in [1.54, 1.807) is 67.6 Å². The first-order chi connectivity index (χ1) is 19.2. The van der Waals surface area contributed by atoms with Crippen molar-refractivity contribution in [3.05, 3.63) is 104 Å². The van der Waals surface area contributed by atoms with Crippen molar-refractivity contribution in [2.24, 2.45) is 0 Å². The molecule has 218 valence electrons. The minimum atomic E-state index is -2.53. The molecule has 2 aromatic carbocycles. The number of H-pyrrole nitrogens is 1. The number of hydrogen-bond acceptors (Lipinski definition) is 8. The molecule has 1 aliphatic heterocycles. The second-order valence-electron chi connectivity index (χ2n) is 11.7. The second kappa shape index (κ2) is 11.6. The van der Waals surface area contributed by atoms with Crippen LogP contribution < -0.4 is 11.2 Å². The van der Waals surface area contributed by atoms with E-state index in [9.17, 15) is 19.2 Å². The summed E-state index contributed by atoms with van der Waals surface area (Å²) in [7, 11) is -2.53. The lowest BCUT2D eigenvalue weighted by atomic mass is 10.1. The molecule has 0 amide bonds. The Balaban J connectivity index is 1.79. The van der Waals surface area contributed by atoms with Gasteiger partial charge in [0.1, 0.15) is 12.3 Å². The van der Waals surface area contributed by atoms with Crippen molar-refractivity contribution >= 4 is 20.3 Å². The molecule has 2 heterocycles. The molecule has 1 aliphatic rings. The summed E-state index contributed by atoms with van der Waals surface area (Å²) in [4.78, 5) is 53.6. The highest BCUT2D eigenvalue weighted by Gasteiger charge is 2.57. The Morgan fingerprint density at radius 1 is 1.00 bits per heavy atom. The number of esters is 2. The van der Waals surface area contributed by atoms with Crippen molar-refractivity contribution in [3.63, 3.8) is 0 Å². The molecule has 0 spiro atoms. The predicted molar refractivity (Wildman–Crippen MR) is 154 cm³/mol. The molecule has 0 saturated carbocycles. The maximum atomic E-state index is 13.4. The third-order valence-electron chi connectivity index (χ3n) is 7.63. The highest BCUT2D eigenvalue weighted by molar-refractivity contribution is 6.74. The number of carbonyl (C=O) groups is 2. The van der Waals surface area contributed by atoms with Crippen molar-refractivity contribution in [2.75, 3.05) is 6.61 Å². The Kier molecular flexibility index (Phi) is 8.53. The van der Waals surface area contributed by atoms with Crippen molar-refractivity contribution in [1.29, 1.82) is 0 Å². The average molecular weight is 581 g/mol. The minimum absolute atomic E-state index is 0.0862. The standard InChI is InChI=1S/C30H36N2O8Si/c1-20-18-32(28(36)31-25(20)33)24-17-23(40-41(5,6)29(2,3)4)30(38-24,39-27(35)22-15-11-8-12-16-22)19-37-26(34)21-13-9-7-10-14-21/h7-16,18,23-24H,17,19H2,1-6H3,(H,31,33,36)/t23-,24-,30?/m1/s1. The van der Waals surface area contributed by atoms with Gasteiger partial charge in [0.2, 0.25) is 0 Å². The van der Waals surface area contributed by atoms with E-state index < -0.39 is 56.2 Å². The van der Waals surface area contributed by atoms with Crippen LogP contribution in [-0.2, 0) is 18.6 Å². The lowest BCUT2D eigenvalue weighted by molar-refractivity contribution is -0.251. The topological polar surface area (TPSA) is 126 Å². The van der Waals surface area contributed by atoms with Gasteiger partial charge in [0.25, 0.3) is 11.3 Å². The Bertz CT molecular complexity index is 1510. The normalized spacial score (nSPS) is 20.9. The number of ether oxygens (including phenoxy) is 3. The maximum Gasteiger partial charge on any atom is 0.340 e. The van der Waals surface area contributed by atoms with E-state index in [-0.39, 0.29) is 17.0 Å². The molecule has 1 aromatic heterocycles. The molecule has 1 unspecified atom stereocenters. The quantitative estimate of drug-likeness (QED) is 0.304. The zero-order valence-electron chi connectivity index (χ0n) is 24.1. The first-order valence-corrected chi connectivity index (χ1v) is 16.3. The number of aryl methyl sites for hydroxylation is 1. The van der Waals surface area contributed by atoms with E-state index in [2.05, 4.69) is 25.8 Å². The third-order valence-corrected chi connectivity index (χ3v) is 12.1. The van der Waals surface area contributed by atoms with Crippen molar-refractivity contribution in [2.45, 2.75) is 70.4 Å². The zero-order valence-corrected chi connectivity index (χ0v) is 25.1. The molecule has 41 heavy (non-hydrogen) atoms. The zero-order chi connectivity index (χ0) is 30.0. The minimum Gasteiger partial charge on any atom is -0.455 e. The summed E-state index contributed by atoms with van der Waals surface area (Å²) in [6.45, 7) is 11.3. The number of hydrogen-bond donors (Lipinski definition) is 1. The van der Waals surface area contributed by atoms with Crippen LogP contribution in [0.1, 0.15) is 59.7 Å². The number of aromatic nitrogens is 2. The number of rotatable bonds is 8. The molecule has 1 N–H and O–H groups in total. The number of nitrogens with one attached hydrogen (secondary N) is 1. The van der Waals surface area contributed by atoms with Gasteiger partial charge in [-0.15, -0.1) is 0 Å². The maximum absolute atomic E-state index is 13.4. The largest absolute Gasteiger partial charge is 0.455 e. The van der Waals surface area contributed by atoms with Crippen LogP contribution in [0.4, 0.5) is 0 Å². The molecule has 0 bridgehead atoms. The van der Waals surface area contributed by atoms with Crippen LogP contribution in [0.2, 0.25) is 18.1 Å². The Morgan fingerprint density at radius 3 is 2.12 bits per heavy atom. The highest BCUT2D eigenvalue weighted by Crippen LogP contribution is 2.45. The molecular weight excluding hydrogens is 544 g/mol. The molecule has 11 heteroatoms. The van der Waals surface area contributed by atoms with Gasteiger partial charge in [-0.3, -0.25) is 14.3 Å². The Morgan fingerprint density at radius 2 is 1.56 bits per heavy atom. The third kappa shape index (κ3) is 6.58. The van der Waals surface area contributed by atoms with Gasteiger partial charge in [0, 0.05) is 18.2 Å². The molecule has 4 rings (SSSR count). The smallest absolute Gasteiger partial charge is 0.340 e. The van der Waals surface area contributed by atoms with Crippen molar-refractivity contribution in [1.82, 2.24) is 9.55 Å². The van der Waals surface area contributed by atoms with Gasteiger partial charge in [-0.05, 0) is 49.3 Å². The lowest BCUT2D eigenvalue weighted by Gasteiger charge is -2.42. The van der Waals surface area contributed by atoms with Gasteiger partial charge >= 0.3 is 17.6 Å². The fraction of sp³-hybridized carbons (Fsp3) is 0.400. The van der Waals surface area contributed by atoms with E-state index in [0.717, 1.165) is 0 Å². The molecule has 1 fully saturated rings. The van der Waals surface area contributed by atoms with Crippen LogP contribution >= 0.6 is 0 Å². The average Bonchev–Trinajstić information content (AvgIpc) is 3.26. The van der Waals surface area contributed by atoms with Crippen LogP contribution in [0.5, 0.6) is 0 Å². The molecule has 3 aromatic rings. The first-order valence-electron chi connectivity index (χ1n) is 13.4. The Hall–Kier alpha value is -3.80. The monoisotopic (exact) mass is 580 g/mol. The summed E-state index contributed by atoms with van der Waals surface area (Å²) in [5.41, 5.74) is -0.346.